The van der Waals surface area contributed by atoms with Gasteiger partial charge in [0.1, 0.15) is 11.4 Å². The van der Waals surface area contributed by atoms with Gasteiger partial charge in [-0.05, 0) is 38.0 Å². The van der Waals surface area contributed by atoms with Crippen LogP contribution >= 0.6 is 0 Å². The molecule has 2 aliphatic rings. The highest BCUT2D eigenvalue weighted by Gasteiger charge is 2.29. The number of hydrogen-bond donors (Lipinski definition) is 2. The van der Waals surface area contributed by atoms with E-state index < -0.39 is 27.1 Å². The van der Waals surface area contributed by atoms with Crippen LogP contribution in [0.4, 0.5) is 22.7 Å². The summed E-state index contributed by atoms with van der Waals surface area (Å²) in [5.74, 6) is 1.41. The molecule has 0 saturated carbocycles. The molecule has 5 rings (SSSR count). The van der Waals surface area contributed by atoms with Crippen molar-refractivity contribution in [2.24, 2.45) is 5.10 Å². The number of non-ortho nitro benzene ring substituents is 1. The Labute approximate surface area is 203 Å². The maximum absolute atomic E-state index is 13.0. The van der Waals surface area contributed by atoms with Gasteiger partial charge in [-0.2, -0.15) is 5.10 Å². The van der Waals surface area contributed by atoms with Crippen LogP contribution in [0.1, 0.15) is 40.3 Å². The molecule has 3 aromatic rings. The van der Waals surface area contributed by atoms with Crippen molar-refractivity contribution in [3.8, 4) is 11.5 Å². The molecule has 0 radical (unpaired) electrons. The van der Waals surface area contributed by atoms with Crippen molar-refractivity contribution >= 4 is 34.4 Å². The Balaban J connectivity index is 1.41. The first-order valence-electron chi connectivity index (χ1n) is 10.9. The molecule has 0 unspecified atom stereocenters. The van der Waals surface area contributed by atoms with Gasteiger partial charge < -0.3 is 19.2 Å². The second kappa shape index (κ2) is 9.02. The Hall–Kier alpha value is -4.94. The number of hydrogen-bond acceptors (Lipinski definition) is 10. The van der Waals surface area contributed by atoms with Crippen molar-refractivity contribution in [1.29, 1.82) is 0 Å². The van der Waals surface area contributed by atoms with Gasteiger partial charge in [0.25, 0.3) is 11.6 Å². The van der Waals surface area contributed by atoms with Gasteiger partial charge in [0, 0.05) is 35.4 Å². The number of aryl methyl sites for hydroxylation is 1. The molecule has 0 fully saturated rings. The average molecular weight is 493 g/mol. The number of ether oxygens (including phenoxy) is 2. The van der Waals surface area contributed by atoms with Crippen LogP contribution in [-0.4, -0.2) is 28.3 Å². The van der Waals surface area contributed by atoms with Gasteiger partial charge in [0.2, 0.25) is 6.79 Å². The Bertz CT molecular complexity index is 1440. The van der Waals surface area contributed by atoms with Crippen LogP contribution < -0.4 is 20.2 Å². The molecule has 2 heterocycles. The summed E-state index contributed by atoms with van der Waals surface area (Å²) in [5, 5.41) is 29.5. The van der Waals surface area contributed by atoms with Crippen molar-refractivity contribution in [1.82, 2.24) is 0 Å². The molecule has 13 heteroatoms. The predicted octanol–water partition coefficient (Wildman–Crippen LogP) is 4.54. The lowest BCUT2D eigenvalue weighted by Crippen LogP contribution is -2.14. The molecular weight excluding hydrogens is 474 g/mol. The SMILES string of the molecule is Cc1c(C(=O)Nc2ccc3c(c2)OCO3)oc2c1/C(=N/Nc1ccc([N+](=O)[O-])cc1[N+](=O)[O-])CCC2. The zero-order chi connectivity index (χ0) is 25.4. The molecule has 0 spiro atoms. The molecule has 0 saturated heterocycles. The summed E-state index contributed by atoms with van der Waals surface area (Å²) in [7, 11) is 0. The van der Waals surface area contributed by atoms with E-state index in [4.69, 9.17) is 13.9 Å². The van der Waals surface area contributed by atoms with Crippen molar-refractivity contribution in [2.45, 2.75) is 26.2 Å². The molecule has 0 atom stereocenters. The lowest BCUT2D eigenvalue weighted by atomic mass is 9.93. The number of amides is 1. The van der Waals surface area contributed by atoms with Gasteiger partial charge in [-0.3, -0.25) is 30.4 Å². The Morgan fingerprint density at radius 1 is 1.03 bits per heavy atom. The van der Waals surface area contributed by atoms with Gasteiger partial charge in [0.15, 0.2) is 17.3 Å². The van der Waals surface area contributed by atoms with Crippen LogP contribution in [0.15, 0.2) is 45.9 Å². The first-order chi connectivity index (χ1) is 17.3. The van der Waals surface area contributed by atoms with Crippen LogP contribution in [0.2, 0.25) is 0 Å². The standard InChI is InChI=1S/C23H19N5O8/c1-12-21-16(26-25-15-7-6-14(27(30)31)10-17(15)28(32)33)3-2-4-19(21)36-22(12)23(29)24-13-5-8-18-20(9-13)35-11-34-18/h5-10,25H,2-4,11H2,1H3,(H,24,29)/b26-16+. The summed E-state index contributed by atoms with van der Waals surface area (Å²) in [4.78, 5) is 33.9. The van der Waals surface area contributed by atoms with E-state index in [-0.39, 0.29) is 18.2 Å². The summed E-state index contributed by atoms with van der Waals surface area (Å²) in [6, 6.07) is 8.31. The molecule has 1 aliphatic carbocycles. The highest BCUT2D eigenvalue weighted by atomic mass is 16.7. The number of hydrazone groups is 1. The van der Waals surface area contributed by atoms with E-state index in [1.54, 1.807) is 25.1 Å². The lowest BCUT2D eigenvalue weighted by Gasteiger charge is -2.13. The van der Waals surface area contributed by atoms with Crippen molar-refractivity contribution in [3.63, 3.8) is 0 Å². The van der Waals surface area contributed by atoms with E-state index >= 15 is 0 Å². The van der Waals surface area contributed by atoms with E-state index in [2.05, 4.69) is 15.8 Å². The zero-order valence-corrected chi connectivity index (χ0v) is 18.9. The average Bonchev–Trinajstić information content (AvgIpc) is 3.46. The number of nitro groups is 2. The third-order valence-electron chi connectivity index (χ3n) is 5.86. The largest absolute Gasteiger partial charge is 0.455 e. The second-order valence-electron chi connectivity index (χ2n) is 8.12. The molecule has 0 bridgehead atoms. The molecule has 2 N–H and O–H groups in total. The molecular formula is C23H19N5O8. The molecule has 1 amide bonds. The van der Waals surface area contributed by atoms with Crippen LogP contribution in [0.25, 0.3) is 0 Å². The highest BCUT2D eigenvalue weighted by molar-refractivity contribution is 6.09. The number of nitro benzene ring substituents is 2. The van der Waals surface area contributed by atoms with E-state index in [9.17, 15) is 25.0 Å². The van der Waals surface area contributed by atoms with Gasteiger partial charge in [0.05, 0.1) is 21.6 Å². The fourth-order valence-corrected chi connectivity index (χ4v) is 4.17. The molecule has 2 aromatic carbocycles. The summed E-state index contributed by atoms with van der Waals surface area (Å²) in [6.07, 6.45) is 1.85. The summed E-state index contributed by atoms with van der Waals surface area (Å²) in [5.41, 5.74) is 4.11. The van der Waals surface area contributed by atoms with E-state index in [1.807, 2.05) is 0 Å². The summed E-state index contributed by atoms with van der Waals surface area (Å²) >= 11 is 0. The number of benzene rings is 2. The molecule has 1 aliphatic heterocycles. The van der Waals surface area contributed by atoms with Crippen molar-refractivity contribution in [3.05, 3.63) is 79.3 Å². The molecule has 184 valence electrons. The van der Waals surface area contributed by atoms with Gasteiger partial charge in [-0.15, -0.1) is 0 Å². The molecule has 13 nitrogen and oxygen atoms in total. The van der Waals surface area contributed by atoms with Gasteiger partial charge in [-0.1, -0.05) is 0 Å². The predicted molar refractivity (Wildman–Crippen MR) is 127 cm³/mol. The Morgan fingerprint density at radius 2 is 1.83 bits per heavy atom. The molecule has 36 heavy (non-hydrogen) atoms. The van der Waals surface area contributed by atoms with E-state index in [1.165, 1.54) is 6.07 Å². The maximum Gasteiger partial charge on any atom is 0.301 e. The summed E-state index contributed by atoms with van der Waals surface area (Å²) < 4.78 is 16.5. The fourth-order valence-electron chi connectivity index (χ4n) is 4.17. The Kier molecular flexibility index (Phi) is 5.72. The van der Waals surface area contributed by atoms with Crippen LogP contribution in [0, 0.1) is 27.2 Å². The second-order valence-corrected chi connectivity index (χ2v) is 8.12. The van der Waals surface area contributed by atoms with Crippen LogP contribution in [-0.2, 0) is 6.42 Å². The third kappa shape index (κ3) is 4.17. The van der Waals surface area contributed by atoms with Gasteiger partial charge in [-0.25, -0.2) is 0 Å². The van der Waals surface area contributed by atoms with Crippen LogP contribution in [0.3, 0.4) is 0 Å². The number of anilines is 2. The first kappa shape index (κ1) is 22.8. The number of rotatable bonds is 6. The Morgan fingerprint density at radius 3 is 2.61 bits per heavy atom. The minimum absolute atomic E-state index is 0.00662. The lowest BCUT2D eigenvalue weighted by molar-refractivity contribution is -0.393. The number of carbonyl (C=O) groups is 1. The quantitative estimate of drug-likeness (QED) is 0.369. The minimum Gasteiger partial charge on any atom is -0.455 e. The van der Waals surface area contributed by atoms with Crippen LogP contribution in [0.5, 0.6) is 11.5 Å². The number of nitrogens with one attached hydrogen (secondary N) is 2. The number of carbonyl (C=O) groups excluding carboxylic acids is 1. The van der Waals surface area contributed by atoms with Gasteiger partial charge >= 0.3 is 5.69 Å². The van der Waals surface area contributed by atoms with Crippen molar-refractivity contribution in [2.75, 3.05) is 17.5 Å². The topological polar surface area (TPSA) is 171 Å². The highest BCUT2D eigenvalue weighted by Crippen LogP contribution is 2.35. The summed E-state index contributed by atoms with van der Waals surface area (Å²) in [6.45, 7) is 1.86. The van der Waals surface area contributed by atoms with Crippen molar-refractivity contribution < 1.29 is 28.5 Å². The van der Waals surface area contributed by atoms with E-state index in [0.717, 1.165) is 12.1 Å². The zero-order valence-electron chi connectivity index (χ0n) is 18.9. The third-order valence-corrected chi connectivity index (χ3v) is 5.86. The number of furan rings is 1. The number of fused-ring (bicyclic) bond motifs is 2. The number of nitrogens with zero attached hydrogens (tertiary/aromatic N) is 3. The first-order valence-corrected chi connectivity index (χ1v) is 10.9. The fraction of sp³-hybridized carbons (Fsp3) is 0.217. The minimum atomic E-state index is -0.719. The maximum atomic E-state index is 13.0. The monoisotopic (exact) mass is 493 g/mol. The molecule has 1 aromatic heterocycles. The smallest absolute Gasteiger partial charge is 0.301 e. The van der Waals surface area contributed by atoms with E-state index in [0.29, 0.717) is 59.0 Å². The normalized spacial score (nSPS) is 14.9.